The summed E-state index contributed by atoms with van der Waals surface area (Å²) in [5.41, 5.74) is 1.83. The molecule has 2 aromatic carbocycles. The van der Waals surface area contributed by atoms with Crippen molar-refractivity contribution in [2.75, 3.05) is 16.8 Å². The van der Waals surface area contributed by atoms with Crippen LogP contribution in [0.15, 0.2) is 54.6 Å². The normalized spacial score (nSPS) is 11.7. The molecule has 1 atom stereocenters. The van der Waals surface area contributed by atoms with Gasteiger partial charge in [-0.25, -0.2) is 4.79 Å². The molecule has 6 heteroatoms. The van der Waals surface area contributed by atoms with Crippen LogP contribution in [0, 0.1) is 0 Å². The zero-order valence-corrected chi connectivity index (χ0v) is 13.9. The van der Waals surface area contributed by atoms with E-state index in [2.05, 4.69) is 5.32 Å². The zero-order valence-electron chi connectivity index (χ0n) is 13.1. The maximum atomic E-state index is 11.9. The molecule has 5 nitrogen and oxygen atoms in total. The number of anilines is 1. The predicted molar refractivity (Wildman–Crippen MR) is 94.7 cm³/mol. The molecule has 0 saturated carbocycles. The predicted octanol–water partition coefficient (Wildman–Crippen LogP) is 2.70. The molecule has 0 saturated heterocycles. The second-order valence-corrected chi connectivity index (χ2v) is 6.88. The van der Waals surface area contributed by atoms with Gasteiger partial charge < -0.3 is 10.4 Å². The van der Waals surface area contributed by atoms with E-state index in [1.807, 2.05) is 30.3 Å². The van der Waals surface area contributed by atoms with E-state index in [-0.39, 0.29) is 17.2 Å². The van der Waals surface area contributed by atoms with Crippen molar-refractivity contribution in [1.82, 2.24) is 0 Å². The van der Waals surface area contributed by atoms with Crippen molar-refractivity contribution in [3.05, 3.63) is 65.7 Å². The van der Waals surface area contributed by atoms with E-state index < -0.39 is 16.8 Å². The van der Waals surface area contributed by atoms with Crippen LogP contribution in [0.25, 0.3) is 0 Å². The van der Waals surface area contributed by atoms with Gasteiger partial charge in [0.2, 0.25) is 5.91 Å². The smallest absolute Gasteiger partial charge is 0.335 e. The van der Waals surface area contributed by atoms with Crippen molar-refractivity contribution >= 4 is 28.4 Å². The van der Waals surface area contributed by atoms with E-state index in [0.29, 0.717) is 11.4 Å². The molecule has 0 fully saturated rings. The summed E-state index contributed by atoms with van der Waals surface area (Å²) in [6, 6.07) is 15.8. The number of hydrogen-bond acceptors (Lipinski definition) is 3. The van der Waals surface area contributed by atoms with E-state index in [1.165, 1.54) is 29.8 Å². The first-order chi connectivity index (χ1) is 11.5. The number of carbonyl (C=O) groups is 2. The fourth-order valence-corrected chi connectivity index (χ4v) is 3.17. The second kappa shape index (κ2) is 8.98. The highest BCUT2D eigenvalue weighted by atomic mass is 32.2. The average Bonchev–Trinajstić information content (AvgIpc) is 2.56. The third-order valence-corrected chi connectivity index (χ3v) is 4.72. The zero-order chi connectivity index (χ0) is 17.4. The van der Waals surface area contributed by atoms with Crippen molar-refractivity contribution in [2.24, 2.45) is 0 Å². The lowest BCUT2D eigenvalue weighted by Crippen LogP contribution is -2.21. The fraction of sp³-hybridized carbons (Fsp3) is 0.222. The number of aromatic carboxylic acids is 1. The number of benzene rings is 2. The summed E-state index contributed by atoms with van der Waals surface area (Å²) in [7, 11) is -1.22. The summed E-state index contributed by atoms with van der Waals surface area (Å²) in [4.78, 5) is 22.6. The van der Waals surface area contributed by atoms with Crippen molar-refractivity contribution in [3.63, 3.8) is 0 Å². The summed E-state index contributed by atoms with van der Waals surface area (Å²) in [5, 5.41) is 11.4. The Labute approximate surface area is 143 Å². The topological polar surface area (TPSA) is 83.5 Å². The second-order valence-electron chi connectivity index (χ2n) is 5.31. The molecule has 0 aliphatic heterocycles. The number of rotatable bonds is 8. The molecule has 1 unspecified atom stereocenters. The molecule has 0 aliphatic rings. The minimum absolute atomic E-state index is 0.0600. The molecule has 0 spiro atoms. The third kappa shape index (κ3) is 5.96. The summed E-state index contributed by atoms with van der Waals surface area (Å²) < 4.78 is 11.9. The van der Waals surface area contributed by atoms with Crippen molar-refractivity contribution in [2.45, 2.75) is 12.8 Å². The van der Waals surface area contributed by atoms with Crippen LogP contribution in [-0.4, -0.2) is 32.7 Å². The van der Waals surface area contributed by atoms with Gasteiger partial charge in [-0.05, 0) is 42.7 Å². The first-order valence-electron chi connectivity index (χ1n) is 7.57. The fourth-order valence-electron chi connectivity index (χ4n) is 2.19. The number of nitrogens with one attached hydrogen (secondary N) is 1. The molecule has 1 amide bonds. The molecule has 0 aliphatic carbocycles. The van der Waals surface area contributed by atoms with Crippen LogP contribution in [0.4, 0.5) is 5.69 Å². The molecule has 0 bridgehead atoms. The molecule has 0 heterocycles. The third-order valence-electron chi connectivity index (χ3n) is 3.39. The highest BCUT2D eigenvalue weighted by molar-refractivity contribution is 7.85. The monoisotopic (exact) mass is 345 g/mol. The minimum Gasteiger partial charge on any atom is -0.478 e. The Morgan fingerprint density at radius 1 is 1.00 bits per heavy atom. The summed E-state index contributed by atoms with van der Waals surface area (Å²) in [6.45, 7) is 0. The molecular weight excluding hydrogens is 326 g/mol. The van der Waals surface area contributed by atoms with Crippen LogP contribution in [0.3, 0.4) is 0 Å². The quantitative estimate of drug-likeness (QED) is 0.770. The Bertz CT molecular complexity index is 714. The number of carboxylic acids is 1. The van der Waals surface area contributed by atoms with Crippen LogP contribution in [0.1, 0.15) is 22.3 Å². The van der Waals surface area contributed by atoms with Gasteiger partial charge in [-0.1, -0.05) is 30.3 Å². The van der Waals surface area contributed by atoms with Gasteiger partial charge in [-0.2, -0.15) is 0 Å². The number of carbonyl (C=O) groups excluding carboxylic acids is 1. The maximum Gasteiger partial charge on any atom is 0.335 e. The molecule has 126 valence electrons. The molecule has 2 aromatic rings. The maximum absolute atomic E-state index is 11.9. The Morgan fingerprint density at radius 2 is 1.67 bits per heavy atom. The van der Waals surface area contributed by atoms with Gasteiger partial charge in [-0.3, -0.25) is 9.00 Å². The van der Waals surface area contributed by atoms with Crippen LogP contribution in [-0.2, 0) is 22.0 Å². The van der Waals surface area contributed by atoms with E-state index >= 15 is 0 Å². The molecule has 2 N–H and O–H groups in total. The van der Waals surface area contributed by atoms with Gasteiger partial charge in [0.1, 0.15) is 5.75 Å². The van der Waals surface area contributed by atoms with Crippen molar-refractivity contribution in [1.29, 1.82) is 0 Å². The van der Waals surface area contributed by atoms with E-state index in [0.717, 1.165) is 12.8 Å². The Morgan fingerprint density at radius 3 is 2.29 bits per heavy atom. The largest absolute Gasteiger partial charge is 0.478 e. The number of aryl methyl sites for hydroxylation is 1. The lowest BCUT2D eigenvalue weighted by molar-refractivity contribution is -0.113. The van der Waals surface area contributed by atoms with Crippen LogP contribution < -0.4 is 5.32 Å². The standard InChI is InChI=1S/C18H19NO4S/c20-17(19-16-10-8-15(9-11-16)18(21)22)13-24(23)12-4-7-14-5-2-1-3-6-14/h1-3,5-6,8-11H,4,7,12-13H2,(H,19,20)(H,21,22). The van der Waals surface area contributed by atoms with Crippen LogP contribution in [0.5, 0.6) is 0 Å². The molecule has 0 radical (unpaired) electrons. The molecule has 0 aromatic heterocycles. The van der Waals surface area contributed by atoms with Gasteiger partial charge in [-0.15, -0.1) is 0 Å². The molecular formula is C18H19NO4S. The van der Waals surface area contributed by atoms with Crippen molar-refractivity contribution < 1.29 is 18.9 Å². The lowest BCUT2D eigenvalue weighted by Gasteiger charge is -2.06. The first kappa shape index (κ1) is 17.9. The van der Waals surface area contributed by atoms with Gasteiger partial charge in [0.15, 0.2) is 0 Å². The van der Waals surface area contributed by atoms with E-state index in [4.69, 9.17) is 5.11 Å². The summed E-state index contributed by atoms with van der Waals surface area (Å²) in [6.07, 6.45) is 1.60. The van der Waals surface area contributed by atoms with E-state index in [9.17, 15) is 13.8 Å². The Kier molecular flexibility index (Phi) is 6.69. The number of amides is 1. The average molecular weight is 345 g/mol. The van der Waals surface area contributed by atoms with Crippen LogP contribution >= 0.6 is 0 Å². The minimum atomic E-state index is -1.22. The highest BCUT2D eigenvalue weighted by Gasteiger charge is 2.09. The van der Waals surface area contributed by atoms with Gasteiger partial charge in [0, 0.05) is 22.2 Å². The number of carboxylic acid groups (broad SMARTS) is 1. The van der Waals surface area contributed by atoms with Gasteiger partial charge in [0.25, 0.3) is 0 Å². The van der Waals surface area contributed by atoms with E-state index in [1.54, 1.807) is 0 Å². The SMILES string of the molecule is O=C(CS(=O)CCCc1ccccc1)Nc1ccc(C(=O)O)cc1. The molecule has 24 heavy (non-hydrogen) atoms. The Balaban J connectivity index is 1.73. The number of hydrogen-bond donors (Lipinski definition) is 2. The van der Waals surface area contributed by atoms with Gasteiger partial charge in [0.05, 0.1) is 5.56 Å². The Hall–Kier alpha value is -2.47. The van der Waals surface area contributed by atoms with Crippen LogP contribution in [0.2, 0.25) is 0 Å². The summed E-state index contributed by atoms with van der Waals surface area (Å²) in [5.74, 6) is -0.945. The highest BCUT2D eigenvalue weighted by Crippen LogP contribution is 2.10. The molecule has 2 rings (SSSR count). The van der Waals surface area contributed by atoms with Gasteiger partial charge >= 0.3 is 5.97 Å². The summed E-state index contributed by atoms with van der Waals surface area (Å²) >= 11 is 0. The lowest BCUT2D eigenvalue weighted by atomic mass is 10.1. The first-order valence-corrected chi connectivity index (χ1v) is 9.05. The van der Waals surface area contributed by atoms with Crippen molar-refractivity contribution in [3.8, 4) is 0 Å².